The predicted octanol–water partition coefficient (Wildman–Crippen LogP) is 3.87. The van der Waals surface area contributed by atoms with Crippen molar-refractivity contribution < 1.29 is 28.1 Å². The van der Waals surface area contributed by atoms with E-state index in [9.17, 15) is 14.6 Å². The Balaban J connectivity index is 3.55. The van der Waals surface area contributed by atoms with Crippen LogP contribution >= 0.6 is 7.82 Å². The minimum atomic E-state index is -4.32. The van der Waals surface area contributed by atoms with Crippen molar-refractivity contribution in [3.63, 3.8) is 0 Å². The van der Waals surface area contributed by atoms with Gasteiger partial charge < -0.3 is 23.5 Å². The Morgan fingerprint density at radius 2 is 1.42 bits per heavy atom. The van der Waals surface area contributed by atoms with Crippen LogP contribution in [0.5, 0.6) is 0 Å². The lowest BCUT2D eigenvalue weighted by Gasteiger charge is -2.27. The van der Waals surface area contributed by atoms with Crippen LogP contribution < -0.4 is 4.89 Å². The highest BCUT2D eigenvalue weighted by Crippen LogP contribution is 2.38. The fourth-order valence-corrected chi connectivity index (χ4v) is 3.33. The molecule has 0 aromatic carbocycles. The summed E-state index contributed by atoms with van der Waals surface area (Å²) in [6.07, 6.45) is 12.1. The Kier molecular flexibility index (Phi) is 15.0. The van der Waals surface area contributed by atoms with Crippen molar-refractivity contribution in [3.8, 4) is 0 Å². The fourth-order valence-electron chi connectivity index (χ4n) is 2.59. The van der Waals surface area contributed by atoms with Gasteiger partial charge in [0, 0.05) is 0 Å². The average Bonchev–Trinajstić information content (AvgIpc) is 2.53. The first kappa shape index (κ1) is 26.0. The maximum Gasteiger partial charge on any atom is 0.268 e. The maximum absolute atomic E-state index is 11.6. The number of hydrogen-bond acceptors (Lipinski definition) is 5. The van der Waals surface area contributed by atoms with Crippen molar-refractivity contribution in [2.24, 2.45) is 0 Å². The van der Waals surface area contributed by atoms with Gasteiger partial charge in [-0.25, -0.2) is 0 Å². The molecule has 7 heteroatoms. The van der Waals surface area contributed by atoms with Crippen LogP contribution in [0, 0.1) is 0 Å². The number of aliphatic hydroxyl groups is 1. The molecule has 1 N–H and O–H groups in total. The molecule has 0 aliphatic heterocycles. The number of hydrogen-bond donors (Lipinski definition) is 1. The molecule has 2 unspecified atom stereocenters. The number of phosphoric acid groups is 1. The number of rotatable bonds is 18. The quantitative estimate of drug-likeness (QED) is 0.217. The number of nitrogens with zero attached hydrogens (tertiary/aromatic N) is 1. The van der Waals surface area contributed by atoms with Gasteiger partial charge in [0.15, 0.2) is 0 Å². The normalized spacial score (nSPS) is 15.8. The van der Waals surface area contributed by atoms with E-state index in [-0.39, 0.29) is 13.2 Å². The predicted molar refractivity (Wildman–Crippen MR) is 105 cm³/mol. The first-order valence-corrected chi connectivity index (χ1v) is 11.7. The highest BCUT2D eigenvalue weighted by molar-refractivity contribution is 7.45. The standard InChI is InChI=1S/C19H42NO5P/c1-5-6-7-8-9-10-11-12-13-14-15-19(21)18-25-26(22,23)24-17-16-20(2,3)4/h19,21H,5-18H2,1-4H3. The van der Waals surface area contributed by atoms with Crippen molar-refractivity contribution in [1.29, 1.82) is 0 Å². The van der Waals surface area contributed by atoms with E-state index in [0.717, 1.165) is 12.8 Å². The van der Waals surface area contributed by atoms with E-state index in [1.165, 1.54) is 51.4 Å². The van der Waals surface area contributed by atoms with E-state index < -0.39 is 13.9 Å². The molecule has 2 atom stereocenters. The van der Waals surface area contributed by atoms with Crippen molar-refractivity contribution in [1.82, 2.24) is 0 Å². The minimum absolute atomic E-state index is 0.0822. The smallest absolute Gasteiger partial charge is 0.268 e. The molecule has 0 aromatic heterocycles. The van der Waals surface area contributed by atoms with Gasteiger partial charge in [0.1, 0.15) is 13.2 Å². The number of quaternary nitrogens is 1. The van der Waals surface area contributed by atoms with Gasteiger partial charge in [0.05, 0.1) is 33.9 Å². The largest absolute Gasteiger partial charge is 0.756 e. The van der Waals surface area contributed by atoms with Gasteiger partial charge in [0.25, 0.3) is 7.82 Å². The van der Waals surface area contributed by atoms with Gasteiger partial charge in [-0.2, -0.15) is 0 Å². The molecule has 26 heavy (non-hydrogen) atoms. The summed E-state index contributed by atoms with van der Waals surface area (Å²) >= 11 is 0. The molecule has 6 nitrogen and oxygen atoms in total. The Labute approximate surface area is 161 Å². The molecule has 0 radical (unpaired) electrons. The van der Waals surface area contributed by atoms with Gasteiger partial charge in [0.2, 0.25) is 0 Å². The Morgan fingerprint density at radius 1 is 0.923 bits per heavy atom. The summed E-state index contributed by atoms with van der Waals surface area (Å²) in [5, 5.41) is 9.85. The van der Waals surface area contributed by atoms with E-state index in [1.54, 1.807) is 0 Å². The second-order valence-corrected chi connectivity index (χ2v) is 9.63. The Hall–Kier alpha value is 0.0300. The summed E-state index contributed by atoms with van der Waals surface area (Å²) < 4.78 is 21.8. The summed E-state index contributed by atoms with van der Waals surface area (Å²) in [4.78, 5) is 11.6. The molecule has 0 amide bonds. The summed E-state index contributed by atoms with van der Waals surface area (Å²) in [5.74, 6) is 0. The van der Waals surface area contributed by atoms with Crippen LogP contribution in [0.3, 0.4) is 0 Å². The fraction of sp³-hybridized carbons (Fsp3) is 1.00. The Bertz CT molecular complexity index is 373. The SMILES string of the molecule is CCCCCCCCCCCCC(O)COP(=O)([O-])OCC[N+](C)(C)C. The molecule has 0 saturated heterocycles. The molecule has 0 fully saturated rings. The lowest BCUT2D eigenvalue weighted by molar-refractivity contribution is -0.870. The number of phosphoric ester groups is 1. The molecule has 0 aromatic rings. The highest BCUT2D eigenvalue weighted by Gasteiger charge is 2.15. The zero-order valence-corrected chi connectivity index (χ0v) is 18.3. The van der Waals surface area contributed by atoms with Crippen molar-refractivity contribution in [3.05, 3.63) is 0 Å². The third-order valence-corrected chi connectivity index (χ3v) is 5.29. The molecular weight excluding hydrogens is 353 g/mol. The molecule has 0 aliphatic carbocycles. The first-order chi connectivity index (χ1) is 12.2. The van der Waals surface area contributed by atoms with Crippen molar-refractivity contribution >= 4 is 7.82 Å². The third kappa shape index (κ3) is 18.8. The number of aliphatic hydroxyl groups excluding tert-OH is 1. The maximum atomic E-state index is 11.6. The second-order valence-electron chi connectivity index (χ2n) is 8.21. The lowest BCUT2D eigenvalue weighted by Crippen LogP contribution is -2.37. The minimum Gasteiger partial charge on any atom is -0.756 e. The molecule has 158 valence electrons. The van der Waals surface area contributed by atoms with E-state index >= 15 is 0 Å². The van der Waals surface area contributed by atoms with Crippen LogP contribution in [-0.2, 0) is 13.6 Å². The lowest BCUT2D eigenvalue weighted by atomic mass is 10.0. The van der Waals surface area contributed by atoms with E-state index in [4.69, 9.17) is 9.05 Å². The summed E-state index contributed by atoms with van der Waals surface area (Å²) in [6, 6.07) is 0. The van der Waals surface area contributed by atoms with E-state index in [2.05, 4.69) is 6.92 Å². The van der Waals surface area contributed by atoms with Crippen molar-refractivity contribution in [2.75, 3.05) is 40.9 Å². The first-order valence-electron chi connectivity index (χ1n) is 10.2. The molecule has 0 rings (SSSR count). The van der Waals surface area contributed by atoms with Crippen LogP contribution in [0.1, 0.15) is 77.6 Å². The summed E-state index contributed by atoms with van der Waals surface area (Å²) in [6.45, 7) is 2.66. The monoisotopic (exact) mass is 395 g/mol. The van der Waals surface area contributed by atoms with Crippen LogP contribution in [0.4, 0.5) is 0 Å². The van der Waals surface area contributed by atoms with Crippen LogP contribution in [0.2, 0.25) is 0 Å². The number of unbranched alkanes of at least 4 members (excludes halogenated alkanes) is 9. The van der Waals surface area contributed by atoms with E-state index in [0.29, 0.717) is 17.4 Å². The zero-order valence-electron chi connectivity index (χ0n) is 17.5. The van der Waals surface area contributed by atoms with Gasteiger partial charge >= 0.3 is 0 Å². The topological polar surface area (TPSA) is 78.8 Å². The highest BCUT2D eigenvalue weighted by atomic mass is 31.2. The van der Waals surface area contributed by atoms with Gasteiger partial charge in [-0.05, 0) is 6.42 Å². The zero-order chi connectivity index (χ0) is 19.9. The van der Waals surface area contributed by atoms with Gasteiger partial charge in [-0.15, -0.1) is 0 Å². The van der Waals surface area contributed by atoms with Crippen molar-refractivity contribution in [2.45, 2.75) is 83.7 Å². The van der Waals surface area contributed by atoms with Crippen LogP contribution in [-0.4, -0.2) is 56.6 Å². The summed E-state index contributed by atoms with van der Waals surface area (Å²) in [5.41, 5.74) is 0. The summed E-state index contributed by atoms with van der Waals surface area (Å²) in [7, 11) is 1.55. The second kappa shape index (κ2) is 15.0. The van der Waals surface area contributed by atoms with Crippen LogP contribution in [0.25, 0.3) is 0 Å². The molecular formula is C19H42NO5P. The molecule has 0 aliphatic rings. The average molecular weight is 396 g/mol. The molecule has 0 bridgehead atoms. The van der Waals surface area contributed by atoms with Gasteiger partial charge in [-0.1, -0.05) is 71.1 Å². The third-order valence-electron chi connectivity index (χ3n) is 4.33. The molecule has 0 heterocycles. The molecule has 0 saturated carbocycles. The Morgan fingerprint density at radius 3 is 1.92 bits per heavy atom. The number of likely N-dealkylation sites (N-methyl/N-ethyl adjacent to an activating group) is 1. The van der Waals surface area contributed by atoms with E-state index in [1.807, 2.05) is 21.1 Å². The van der Waals surface area contributed by atoms with Crippen LogP contribution in [0.15, 0.2) is 0 Å². The molecule has 0 spiro atoms. The van der Waals surface area contributed by atoms with Gasteiger partial charge in [-0.3, -0.25) is 4.57 Å².